The van der Waals surface area contributed by atoms with Gasteiger partial charge in [0.1, 0.15) is 0 Å². The largest absolute Gasteiger partial charge is 0.333 e. The summed E-state index contributed by atoms with van der Waals surface area (Å²) in [7, 11) is 4.19. The lowest BCUT2D eigenvalue weighted by molar-refractivity contribution is 0.282. The smallest absolute Gasteiger partial charge is 0.0948 e. The van der Waals surface area contributed by atoms with Gasteiger partial charge in [-0.3, -0.25) is 0 Å². The predicted octanol–water partition coefficient (Wildman–Crippen LogP) is 1.14. The van der Waals surface area contributed by atoms with Gasteiger partial charge >= 0.3 is 0 Å². The van der Waals surface area contributed by atoms with E-state index in [2.05, 4.69) is 42.4 Å². The van der Waals surface area contributed by atoms with Crippen LogP contribution in [0.2, 0.25) is 0 Å². The summed E-state index contributed by atoms with van der Waals surface area (Å²) >= 11 is 0. The fourth-order valence-electron chi connectivity index (χ4n) is 1.03. The van der Waals surface area contributed by atoms with Crippen molar-refractivity contribution in [2.75, 3.05) is 14.1 Å². The number of hydrogen-bond acceptors (Lipinski definition) is 2. The average Bonchev–Trinajstić information content (AvgIpc) is 2.36. The highest BCUT2D eigenvalue weighted by Crippen LogP contribution is 2.01. The van der Waals surface area contributed by atoms with Crippen molar-refractivity contribution in [3.05, 3.63) is 18.2 Å². The summed E-state index contributed by atoms with van der Waals surface area (Å²) in [6, 6.07) is 0.554. The molecule has 12 heavy (non-hydrogen) atoms. The lowest BCUT2D eigenvalue weighted by atomic mass is 10.3. The normalized spacial score (nSPS) is 13.8. The van der Waals surface area contributed by atoms with Crippen molar-refractivity contribution in [2.24, 2.45) is 0 Å². The molecule has 0 fully saturated rings. The molecular weight excluding hydrogens is 150 g/mol. The van der Waals surface area contributed by atoms with Crippen LogP contribution in [0.15, 0.2) is 12.5 Å². The third-order valence-electron chi connectivity index (χ3n) is 2.26. The Balaban J connectivity index is 2.58. The number of aromatic nitrogens is 2. The molecule has 1 heterocycles. The molecule has 0 aliphatic carbocycles. The summed E-state index contributed by atoms with van der Waals surface area (Å²) in [4.78, 5) is 6.29. The van der Waals surface area contributed by atoms with Crippen LogP contribution in [0.5, 0.6) is 0 Å². The van der Waals surface area contributed by atoms with Gasteiger partial charge in [0, 0.05) is 24.5 Å². The average molecular weight is 167 g/mol. The molecule has 0 radical (unpaired) electrons. The van der Waals surface area contributed by atoms with E-state index in [1.165, 1.54) is 5.69 Å². The molecule has 1 rings (SSSR count). The van der Waals surface area contributed by atoms with Crippen LogP contribution in [0.4, 0.5) is 0 Å². The van der Waals surface area contributed by atoms with E-state index in [0.29, 0.717) is 6.04 Å². The molecule has 0 bridgehead atoms. The zero-order valence-corrected chi connectivity index (χ0v) is 8.28. The molecule has 0 N–H and O–H groups in total. The van der Waals surface area contributed by atoms with Crippen molar-refractivity contribution in [1.29, 1.82) is 0 Å². The molecule has 0 amide bonds. The molecule has 0 saturated carbocycles. The number of nitrogens with zero attached hydrogens (tertiary/aromatic N) is 3. The minimum absolute atomic E-state index is 0.554. The zero-order chi connectivity index (χ0) is 9.14. The van der Waals surface area contributed by atoms with Gasteiger partial charge in [0.15, 0.2) is 0 Å². The molecule has 0 spiro atoms. The van der Waals surface area contributed by atoms with E-state index in [9.17, 15) is 0 Å². The summed E-state index contributed by atoms with van der Waals surface area (Å²) in [5, 5.41) is 0. The highest BCUT2D eigenvalue weighted by molar-refractivity contribution is 4.94. The maximum atomic E-state index is 4.08. The molecule has 0 aliphatic rings. The first-order valence-corrected chi connectivity index (χ1v) is 4.24. The van der Waals surface area contributed by atoms with Crippen LogP contribution in [0.3, 0.4) is 0 Å². The van der Waals surface area contributed by atoms with Gasteiger partial charge in [-0.15, -0.1) is 0 Å². The molecule has 0 aliphatic heterocycles. The second-order valence-electron chi connectivity index (χ2n) is 3.50. The predicted molar refractivity (Wildman–Crippen MR) is 50.1 cm³/mol. The van der Waals surface area contributed by atoms with Crippen LogP contribution in [-0.2, 0) is 6.54 Å². The van der Waals surface area contributed by atoms with Crippen molar-refractivity contribution < 1.29 is 0 Å². The van der Waals surface area contributed by atoms with Crippen LogP contribution >= 0.6 is 0 Å². The number of imidazole rings is 1. The Labute approximate surface area is 74.0 Å². The number of aryl methyl sites for hydroxylation is 1. The van der Waals surface area contributed by atoms with Crippen molar-refractivity contribution in [3.8, 4) is 0 Å². The van der Waals surface area contributed by atoms with Gasteiger partial charge in [0.25, 0.3) is 0 Å². The molecule has 1 unspecified atom stereocenters. The van der Waals surface area contributed by atoms with Crippen molar-refractivity contribution in [1.82, 2.24) is 14.5 Å². The van der Waals surface area contributed by atoms with Crippen LogP contribution in [0.1, 0.15) is 12.6 Å². The van der Waals surface area contributed by atoms with E-state index in [0.717, 1.165) is 6.54 Å². The van der Waals surface area contributed by atoms with E-state index in [-0.39, 0.29) is 0 Å². The van der Waals surface area contributed by atoms with E-state index >= 15 is 0 Å². The maximum absolute atomic E-state index is 4.08. The molecule has 68 valence electrons. The van der Waals surface area contributed by atoms with Crippen LogP contribution in [-0.4, -0.2) is 34.6 Å². The number of rotatable bonds is 3. The minimum Gasteiger partial charge on any atom is -0.333 e. The van der Waals surface area contributed by atoms with Crippen molar-refractivity contribution in [3.63, 3.8) is 0 Å². The quantitative estimate of drug-likeness (QED) is 0.673. The van der Waals surface area contributed by atoms with Gasteiger partial charge in [-0.1, -0.05) is 0 Å². The van der Waals surface area contributed by atoms with Gasteiger partial charge in [-0.2, -0.15) is 0 Å². The van der Waals surface area contributed by atoms with Gasteiger partial charge in [0.05, 0.1) is 6.33 Å². The first-order valence-electron chi connectivity index (χ1n) is 4.24. The molecule has 0 aromatic carbocycles. The number of hydrogen-bond donors (Lipinski definition) is 0. The second kappa shape index (κ2) is 3.72. The van der Waals surface area contributed by atoms with E-state index in [4.69, 9.17) is 0 Å². The fourth-order valence-corrected chi connectivity index (χ4v) is 1.03. The summed E-state index contributed by atoms with van der Waals surface area (Å²) < 4.78 is 2.17. The Morgan fingerprint density at radius 2 is 2.25 bits per heavy atom. The van der Waals surface area contributed by atoms with Crippen molar-refractivity contribution in [2.45, 2.75) is 26.4 Å². The summed E-state index contributed by atoms with van der Waals surface area (Å²) in [5.41, 5.74) is 1.23. The molecule has 3 nitrogen and oxygen atoms in total. The third-order valence-corrected chi connectivity index (χ3v) is 2.26. The van der Waals surface area contributed by atoms with Gasteiger partial charge in [0.2, 0.25) is 0 Å². The Morgan fingerprint density at radius 1 is 1.58 bits per heavy atom. The first-order chi connectivity index (χ1) is 5.61. The van der Waals surface area contributed by atoms with E-state index < -0.39 is 0 Å². The van der Waals surface area contributed by atoms with Crippen molar-refractivity contribution >= 4 is 0 Å². The molecule has 0 saturated heterocycles. The first kappa shape index (κ1) is 9.26. The van der Waals surface area contributed by atoms with E-state index in [1.807, 2.05) is 12.5 Å². The SMILES string of the molecule is Cc1cncn1CC(C)N(C)C. The monoisotopic (exact) mass is 167 g/mol. The zero-order valence-electron chi connectivity index (χ0n) is 8.28. The number of likely N-dealkylation sites (N-methyl/N-ethyl adjacent to an activating group) is 1. The molecule has 3 heteroatoms. The van der Waals surface area contributed by atoms with E-state index in [1.54, 1.807) is 0 Å². The lowest BCUT2D eigenvalue weighted by Crippen LogP contribution is -2.29. The summed E-state index contributed by atoms with van der Waals surface area (Å²) in [6.45, 7) is 5.30. The highest BCUT2D eigenvalue weighted by atomic mass is 15.1. The summed E-state index contributed by atoms with van der Waals surface area (Å²) in [5.74, 6) is 0. The Kier molecular flexibility index (Phi) is 2.87. The highest BCUT2D eigenvalue weighted by Gasteiger charge is 2.05. The Morgan fingerprint density at radius 3 is 2.67 bits per heavy atom. The third kappa shape index (κ3) is 2.08. The van der Waals surface area contributed by atoms with Crippen LogP contribution < -0.4 is 0 Å². The Bertz CT molecular complexity index is 240. The van der Waals surface area contributed by atoms with Gasteiger partial charge < -0.3 is 9.47 Å². The van der Waals surface area contributed by atoms with Gasteiger partial charge in [-0.05, 0) is 27.9 Å². The molecule has 1 atom stereocenters. The summed E-state index contributed by atoms with van der Waals surface area (Å²) in [6.07, 6.45) is 3.78. The molecular formula is C9H17N3. The second-order valence-corrected chi connectivity index (χ2v) is 3.50. The molecule has 1 aromatic rings. The fraction of sp³-hybridized carbons (Fsp3) is 0.667. The van der Waals surface area contributed by atoms with Gasteiger partial charge in [-0.25, -0.2) is 4.98 Å². The topological polar surface area (TPSA) is 21.1 Å². The minimum atomic E-state index is 0.554. The molecule has 1 aromatic heterocycles. The maximum Gasteiger partial charge on any atom is 0.0948 e. The Hall–Kier alpha value is -0.830. The van der Waals surface area contributed by atoms with Crippen LogP contribution in [0.25, 0.3) is 0 Å². The standard InChI is InChI=1S/C9H17N3/c1-8-5-10-7-12(8)6-9(2)11(3)4/h5,7,9H,6H2,1-4H3. The lowest BCUT2D eigenvalue weighted by Gasteiger charge is -2.20. The van der Waals surface area contributed by atoms with Crippen LogP contribution in [0, 0.1) is 6.92 Å².